The molecular weight excluding hydrogens is 358 g/mol. The first kappa shape index (κ1) is 16.9. The lowest BCUT2D eigenvalue weighted by Gasteiger charge is -2.36. The van der Waals surface area contributed by atoms with E-state index in [2.05, 4.69) is 0 Å². The van der Waals surface area contributed by atoms with Gasteiger partial charge in [-0.05, 0) is 49.4 Å². The van der Waals surface area contributed by atoms with E-state index in [9.17, 15) is 14.7 Å². The van der Waals surface area contributed by atoms with Crippen molar-refractivity contribution in [1.29, 1.82) is 0 Å². The van der Waals surface area contributed by atoms with Crippen LogP contribution in [0.5, 0.6) is 5.75 Å². The highest BCUT2D eigenvalue weighted by molar-refractivity contribution is 6.30. The Hall–Kier alpha value is -2.57. The molecule has 2 heterocycles. The number of nitrogens with zero attached hydrogens (tertiary/aromatic N) is 1. The average Bonchev–Trinajstić information content (AvgIpc) is 2.94. The minimum Gasteiger partial charge on any atom is -0.497 e. The molecule has 0 unspecified atom stereocenters. The number of rotatable bonds is 2. The van der Waals surface area contributed by atoms with Crippen LogP contribution in [-0.2, 0) is 15.1 Å². The van der Waals surface area contributed by atoms with Gasteiger partial charge in [0.1, 0.15) is 5.75 Å². The topological polar surface area (TPSA) is 76.1 Å². The molecule has 1 amide bonds. The number of carbonyl (C=O) groups excluding carboxylic acids is 2. The number of halogens is 1. The molecule has 0 bridgehead atoms. The van der Waals surface area contributed by atoms with E-state index in [0.29, 0.717) is 27.6 Å². The summed E-state index contributed by atoms with van der Waals surface area (Å²) in [4.78, 5) is 26.6. The van der Waals surface area contributed by atoms with Crippen LogP contribution in [0.15, 0.2) is 42.5 Å². The number of ether oxygens (including phenoxy) is 2. The summed E-state index contributed by atoms with van der Waals surface area (Å²) in [7, 11) is 1.51. The molecule has 7 heteroatoms. The highest BCUT2D eigenvalue weighted by atomic mass is 35.5. The summed E-state index contributed by atoms with van der Waals surface area (Å²) in [6.07, 6.45) is -0.242. The lowest BCUT2D eigenvalue weighted by molar-refractivity contribution is -0.152. The van der Waals surface area contributed by atoms with E-state index in [-0.39, 0.29) is 6.42 Å². The number of carbonyl (C=O) groups is 2. The molecule has 2 atom stereocenters. The Morgan fingerprint density at radius 1 is 1.27 bits per heavy atom. The quantitative estimate of drug-likeness (QED) is 0.819. The molecule has 4 rings (SSSR count). The molecule has 2 aliphatic rings. The van der Waals surface area contributed by atoms with Crippen molar-refractivity contribution in [2.24, 2.45) is 0 Å². The summed E-state index contributed by atoms with van der Waals surface area (Å²) in [5.41, 5.74) is -1.94. The number of aliphatic hydroxyl groups is 1. The number of methoxy groups -OCH3 is 1. The van der Waals surface area contributed by atoms with Crippen LogP contribution in [0.3, 0.4) is 0 Å². The van der Waals surface area contributed by atoms with E-state index in [1.165, 1.54) is 18.9 Å². The minimum absolute atomic E-state index is 0.242. The SMILES string of the molecule is COc1ccc2c(c1)[C@@]1(O)CC(=O)O[C@@]1(C)N2C(=O)c1ccc(Cl)cc1. The Bertz CT molecular complexity index is 928. The highest BCUT2D eigenvalue weighted by Gasteiger charge is 2.68. The van der Waals surface area contributed by atoms with Gasteiger partial charge in [-0.3, -0.25) is 14.5 Å². The van der Waals surface area contributed by atoms with E-state index in [4.69, 9.17) is 21.1 Å². The van der Waals surface area contributed by atoms with Crippen LogP contribution in [0.1, 0.15) is 29.3 Å². The van der Waals surface area contributed by atoms with E-state index >= 15 is 0 Å². The molecule has 26 heavy (non-hydrogen) atoms. The van der Waals surface area contributed by atoms with Crippen molar-refractivity contribution in [3.05, 3.63) is 58.6 Å². The molecule has 134 valence electrons. The molecule has 0 radical (unpaired) electrons. The Balaban J connectivity index is 1.90. The molecule has 0 saturated carbocycles. The van der Waals surface area contributed by atoms with Crippen molar-refractivity contribution < 1.29 is 24.2 Å². The summed E-state index contributed by atoms with van der Waals surface area (Å²) < 4.78 is 10.7. The molecule has 0 aromatic heterocycles. The van der Waals surface area contributed by atoms with Crippen LogP contribution >= 0.6 is 11.6 Å². The monoisotopic (exact) mass is 373 g/mol. The van der Waals surface area contributed by atoms with Gasteiger partial charge in [0.2, 0.25) is 5.72 Å². The smallest absolute Gasteiger partial charge is 0.311 e. The van der Waals surface area contributed by atoms with Crippen molar-refractivity contribution in [2.45, 2.75) is 24.7 Å². The van der Waals surface area contributed by atoms with E-state index in [1.54, 1.807) is 42.5 Å². The Morgan fingerprint density at radius 2 is 1.96 bits per heavy atom. The fraction of sp³-hybridized carbons (Fsp3) is 0.263. The van der Waals surface area contributed by atoms with Crippen molar-refractivity contribution in [3.8, 4) is 5.75 Å². The van der Waals surface area contributed by atoms with Gasteiger partial charge in [-0.2, -0.15) is 0 Å². The van der Waals surface area contributed by atoms with E-state index in [1.807, 2.05) is 0 Å². The summed E-state index contributed by atoms with van der Waals surface area (Å²) in [6.45, 7) is 1.54. The van der Waals surface area contributed by atoms with Crippen molar-refractivity contribution in [3.63, 3.8) is 0 Å². The first-order valence-electron chi connectivity index (χ1n) is 8.03. The maximum Gasteiger partial charge on any atom is 0.311 e. The molecule has 0 aliphatic carbocycles. The summed E-state index contributed by atoms with van der Waals surface area (Å²) in [5, 5.41) is 11.8. The lowest BCUT2D eigenvalue weighted by atomic mass is 9.86. The lowest BCUT2D eigenvalue weighted by Crippen LogP contribution is -2.56. The molecule has 0 spiro atoms. The van der Waals surface area contributed by atoms with Crippen molar-refractivity contribution in [1.82, 2.24) is 0 Å². The third-order valence-electron chi connectivity index (χ3n) is 5.09. The second-order valence-electron chi connectivity index (χ2n) is 6.52. The van der Waals surface area contributed by atoms with E-state index in [0.717, 1.165) is 0 Å². The van der Waals surface area contributed by atoms with E-state index < -0.39 is 23.2 Å². The summed E-state index contributed by atoms with van der Waals surface area (Å²) in [6, 6.07) is 11.4. The number of anilines is 1. The largest absolute Gasteiger partial charge is 0.497 e. The van der Waals surface area contributed by atoms with Gasteiger partial charge in [0.05, 0.1) is 19.2 Å². The normalized spacial score (nSPS) is 26.3. The van der Waals surface area contributed by atoms with Crippen LogP contribution in [0.4, 0.5) is 5.69 Å². The minimum atomic E-state index is -1.66. The average molecular weight is 374 g/mol. The van der Waals surface area contributed by atoms with Gasteiger partial charge >= 0.3 is 5.97 Å². The summed E-state index contributed by atoms with van der Waals surface area (Å²) in [5.74, 6) is -0.460. The van der Waals surface area contributed by atoms with Crippen LogP contribution in [0.25, 0.3) is 0 Å². The zero-order valence-corrected chi connectivity index (χ0v) is 14.9. The predicted octanol–water partition coefficient (Wildman–Crippen LogP) is 2.86. The molecule has 1 N–H and O–H groups in total. The van der Waals surface area contributed by atoms with Crippen LogP contribution in [0.2, 0.25) is 5.02 Å². The summed E-state index contributed by atoms with van der Waals surface area (Å²) >= 11 is 5.90. The van der Waals surface area contributed by atoms with Crippen LogP contribution < -0.4 is 9.64 Å². The molecule has 1 fully saturated rings. The number of fused-ring (bicyclic) bond motifs is 3. The molecule has 2 aliphatic heterocycles. The van der Waals surface area contributed by atoms with Gasteiger partial charge in [0.25, 0.3) is 5.91 Å². The van der Waals surface area contributed by atoms with Gasteiger partial charge in [0, 0.05) is 16.1 Å². The standard InChI is InChI=1S/C19H16ClNO5/c1-18-19(24,10-16(22)26-18)14-9-13(25-2)7-8-15(14)21(18)17(23)11-3-5-12(20)6-4-11/h3-9,24H,10H2,1-2H3/t18-,19+/m1/s1. The van der Waals surface area contributed by atoms with Gasteiger partial charge < -0.3 is 14.6 Å². The second-order valence-corrected chi connectivity index (χ2v) is 6.96. The van der Waals surface area contributed by atoms with Crippen molar-refractivity contribution in [2.75, 3.05) is 12.0 Å². The zero-order chi connectivity index (χ0) is 18.7. The van der Waals surface area contributed by atoms with Crippen LogP contribution in [-0.4, -0.2) is 29.8 Å². The number of esters is 1. The number of amides is 1. The highest BCUT2D eigenvalue weighted by Crippen LogP contribution is 2.57. The number of hydrogen-bond donors (Lipinski definition) is 1. The van der Waals surface area contributed by atoms with Gasteiger partial charge in [-0.15, -0.1) is 0 Å². The van der Waals surface area contributed by atoms with Gasteiger partial charge in [-0.25, -0.2) is 0 Å². The Labute approximate surface area is 154 Å². The molecule has 1 saturated heterocycles. The zero-order valence-electron chi connectivity index (χ0n) is 14.2. The number of benzene rings is 2. The van der Waals surface area contributed by atoms with Crippen LogP contribution in [0, 0.1) is 0 Å². The maximum atomic E-state index is 13.2. The maximum absolute atomic E-state index is 13.2. The third kappa shape index (κ3) is 2.09. The Morgan fingerprint density at radius 3 is 2.62 bits per heavy atom. The fourth-order valence-corrected chi connectivity index (χ4v) is 3.84. The van der Waals surface area contributed by atoms with Gasteiger partial charge in [0.15, 0.2) is 5.60 Å². The fourth-order valence-electron chi connectivity index (χ4n) is 3.71. The molecular formula is C19H16ClNO5. The first-order chi connectivity index (χ1) is 12.3. The Kier molecular flexibility index (Phi) is 3.54. The molecule has 6 nitrogen and oxygen atoms in total. The van der Waals surface area contributed by atoms with Crippen molar-refractivity contribution >= 4 is 29.2 Å². The molecule has 2 aromatic carbocycles. The third-order valence-corrected chi connectivity index (χ3v) is 5.34. The second kappa shape index (κ2) is 5.46. The first-order valence-corrected chi connectivity index (χ1v) is 8.41. The predicted molar refractivity (Wildman–Crippen MR) is 94.3 cm³/mol. The van der Waals surface area contributed by atoms with Gasteiger partial charge in [-0.1, -0.05) is 11.6 Å². The number of hydrogen-bond acceptors (Lipinski definition) is 5. The molecule has 2 aromatic rings.